The van der Waals surface area contributed by atoms with Crippen molar-refractivity contribution in [3.05, 3.63) is 77.9 Å². The van der Waals surface area contributed by atoms with Crippen molar-refractivity contribution in [1.82, 2.24) is 0 Å². The molecule has 0 amide bonds. The van der Waals surface area contributed by atoms with E-state index in [9.17, 15) is 4.79 Å². The number of ether oxygens (including phenoxy) is 2. The topological polar surface area (TPSA) is 35.5 Å². The Morgan fingerprint density at radius 3 is 2.46 bits per heavy atom. The van der Waals surface area contributed by atoms with Crippen molar-refractivity contribution in [3.63, 3.8) is 0 Å². The molecule has 1 heterocycles. The van der Waals surface area contributed by atoms with Crippen LogP contribution in [0.15, 0.2) is 66.7 Å². The monoisotopic (exact) mass is 462 g/mol. The molecular formula is C22H23IO3. The Labute approximate surface area is 168 Å². The highest BCUT2D eigenvalue weighted by molar-refractivity contribution is 14.1. The van der Waals surface area contributed by atoms with Gasteiger partial charge in [-0.2, -0.15) is 0 Å². The number of hydrogen-bond acceptors (Lipinski definition) is 3. The maximum absolute atomic E-state index is 11.9. The highest BCUT2D eigenvalue weighted by atomic mass is 127. The van der Waals surface area contributed by atoms with Crippen molar-refractivity contribution in [2.75, 3.05) is 0 Å². The molecular weight excluding hydrogens is 439 g/mol. The molecule has 1 fully saturated rings. The number of hydrogen-bond donors (Lipinski definition) is 0. The number of alkyl halides is 1. The minimum Gasteiger partial charge on any atom is -0.461 e. The van der Waals surface area contributed by atoms with E-state index in [0.717, 1.165) is 11.1 Å². The van der Waals surface area contributed by atoms with Crippen molar-refractivity contribution in [1.29, 1.82) is 0 Å². The molecule has 4 atom stereocenters. The summed E-state index contributed by atoms with van der Waals surface area (Å²) in [5.74, 6) is -0.156. The number of carbonyl (C=O) groups excluding carboxylic acids is 1. The summed E-state index contributed by atoms with van der Waals surface area (Å²) < 4.78 is 12.2. The van der Waals surface area contributed by atoms with Gasteiger partial charge in [0.1, 0.15) is 6.10 Å². The van der Waals surface area contributed by atoms with E-state index in [0.29, 0.717) is 12.8 Å². The fourth-order valence-corrected chi connectivity index (χ4v) is 4.07. The number of benzene rings is 2. The van der Waals surface area contributed by atoms with Gasteiger partial charge in [0.2, 0.25) is 0 Å². The summed E-state index contributed by atoms with van der Waals surface area (Å²) in [5.41, 5.74) is 2.24. The number of esters is 1. The number of carbonyl (C=O) groups is 1. The molecule has 0 unspecified atom stereocenters. The summed E-state index contributed by atoms with van der Waals surface area (Å²) in [7, 11) is 0. The van der Waals surface area contributed by atoms with Gasteiger partial charge in [-0.1, -0.05) is 102 Å². The summed E-state index contributed by atoms with van der Waals surface area (Å²) in [6.45, 7) is 1.82. The maximum Gasteiger partial charge on any atom is 0.305 e. The first kappa shape index (κ1) is 19.1. The molecule has 2 aromatic rings. The minimum absolute atomic E-state index is 0.0758. The van der Waals surface area contributed by atoms with Gasteiger partial charge in [-0.15, -0.1) is 0 Å². The van der Waals surface area contributed by atoms with Gasteiger partial charge in [0, 0.05) is 12.8 Å². The zero-order valence-corrected chi connectivity index (χ0v) is 16.9. The third kappa shape index (κ3) is 4.95. The standard InChI is InChI=1S/C22H23IO3/c1-2-20(24)26-19-15-18(14-13-16-9-5-3-6-10-16)25-22(21(19)23)17-11-7-4-8-12-17/h3-14,18-19,21-22H,2,15H2,1H3/b14-13+/t18-,19-,21-,22+/m0/s1. The molecule has 0 saturated carbocycles. The predicted molar refractivity (Wildman–Crippen MR) is 112 cm³/mol. The van der Waals surface area contributed by atoms with Gasteiger partial charge in [0.05, 0.1) is 16.1 Å². The van der Waals surface area contributed by atoms with Crippen LogP contribution in [-0.2, 0) is 14.3 Å². The average Bonchev–Trinajstić information content (AvgIpc) is 2.69. The molecule has 2 aromatic carbocycles. The second-order valence-electron chi connectivity index (χ2n) is 6.34. The van der Waals surface area contributed by atoms with Crippen LogP contribution in [0.3, 0.4) is 0 Å². The molecule has 0 bridgehead atoms. The van der Waals surface area contributed by atoms with Crippen LogP contribution in [0.4, 0.5) is 0 Å². The Bertz CT molecular complexity index is 730. The van der Waals surface area contributed by atoms with Gasteiger partial charge in [-0.3, -0.25) is 4.79 Å². The molecule has 0 aliphatic carbocycles. The lowest BCUT2D eigenvalue weighted by atomic mass is 9.95. The Morgan fingerprint density at radius 2 is 1.81 bits per heavy atom. The minimum atomic E-state index is -0.160. The maximum atomic E-state index is 11.9. The fourth-order valence-electron chi connectivity index (χ4n) is 3.05. The molecule has 4 heteroatoms. The molecule has 3 rings (SSSR count). The summed E-state index contributed by atoms with van der Waals surface area (Å²) in [4.78, 5) is 11.9. The Morgan fingerprint density at radius 1 is 1.15 bits per heavy atom. The Balaban J connectivity index is 1.81. The van der Waals surface area contributed by atoms with Crippen LogP contribution in [0.5, 0.6) is 0 Å². The second-order valence-corrected chi connectivity index (χ2v) is 7.78. The number of halogens is 1. The van der Waals surface area contributed by atoms with E-state index >= 15 is 0 Å². The molecule has 0 aromatic heterocycles. The van der Waals surface area contributed by atoms with Crippen LogP contribution in [0.25, 0.3) is 6.08 Å². The molecule has 0 N–H and O–H groups in total. The lowest BCUT2D eigenvalue weighted by Crippen LogP contribution is -2.42. The van der Waals surface area contributed by atoms with Crippen LogP contribution in [-0.4, -0.2) is 22.1 Å². The van der Waals surface area contributed by atoms with E-state index in [1.807, 2.05) is 43.3 Å². The summed E-state index contributed by atoms with van der Waals surface area (Å²) >= 11 is 2.36. The zero-order chi connectivity index (χ0) is 18.4. The van der Waals surface area contributed by atoms with E-state index in [4.69, 9.17) is 9.47 Å². The molecule has 136 valence electrons. The van der Waals surface area contributed by atoms with E-state index in [-0.39, 0.29) is 28.2 Å². The van der Waals surface area contributed by atoms with Gasteiger partial charge in [-0.05, 0) is 11.1 Å². The molecule has 26 heavy (non-hydrogen) atoms. The Kier molecular flexibility index (Phi) is 6.86. The zero-order valence-electron chi connectivity index (χ0n) is 14.8. The smallest absolute Gasteiger partial charge is 0.305 e. The first-order valence-electron chi connectivity index (χ1n) is 8.94. The van der Waals surface area contributed by atoms with Gasteiger partial charge in [0.25, 0.3) is 0 Å². The largest absolute Gasteiger partial charge is 0.461 e. The highest BCUT2D eigenvalue weighted by Crippen LogP contribution is 2.38. The first-order valence-corrected chi connectivity index (χ1v) is 10.2. The third-order valence-electron chi connectivity index (χ3n) is 4.43. The number of rotatable bonds is 5. The van der Waals surface area contributed by atoms with Crippen molar-refractivity contribution >= 4 is 34.6 Å². The first-order chi connectivity index (χ1) is 12.7. The second kappa shape index (κ2) is 9.33. The summed E-state index contributed by atoms with van der Waals surface area (Å²) in [6, 6.07) is 20.3. The van der Waals surface area contributed by atoms with Crippen molar-refractivity contribution in [2.45, 2.75) is 42.0 Å². The molecule has 0 radical (unpaired) electrons. The van der Waals surface area contributed by atoms with E-state index in [2.05, 4.69) is 59.0 Å². The van der Waals surface area contributed by atoms with Crippen molar-refractivity contribution in [2.24, 2.45) is 0 Å². The van der Waals surface area contributed by atoms with E-state index in [1.165, 1.54) is 0 Å². The highest BCUT2D eigenvalue weighted by Gasteiger charge is 2.39. The van der Waals surface area contributed by atoms with Crippen LogP contribution in [0, 0.1) is 0 Å². The van der Waals surface area contributed by atoms with E-state index in [1.54, 1.807) is 0 Å². The quantitative estimate of drug-likeness (QED) is 0.341. The molecule has 0 spiro atoms. The average molecular weight is 462 g/mol. The predicted octanol–water partition coefficient (Wildman–Crippen LogP) is 5.36. The van der Waals surface area contributed by atoms with Gasteiger partial charge >= 0.3 is 5.97 Å². The van der Waals surface area contributed by atoms with Crippen molar-refractivity contribution < 1.29 is 14.3 Å². The summed E-state index contributed by atoms with van der Waals surface area (Å²) in [5, 5.41) is 0. The van der Waals surface area contributed by atoms with Gasteiger partial charge in [0.15, 0.2) is 0 Å². The summed E-state index contributed by atoms with van der Waals surface area (Å²) in [6.07, 6.45) is 4.84. The molecule has 3 nitrogen and oxygen atoms in total. The lowest BCUT2D eigenvalue weighted by molar-refractivity contribution is -0.157. The van der Waals surface area contributed by atoms with Crippen LogP contribution >= 0.6 is 22.6 Å². The lowest BCUT2D eigenvalue weighted by Gasteiger charge is -2.38. The third-order valence-corrected chi connectivity index (χ3v) is 5.89. The molecule has 1 aliphatic heterocycles. The molecule has 1 aliphatic rings. The van der Waals surface area contributed by atoms with Crippen LogP contribution in [0.2, 0.25) is 0 Å². The van der Waals surface area contributed by atoms with Crippen LogP contribution < -0.4 is 0 Å². The van der Waals surface area contributed by atoms with Crippen molar-refractivity contribution in [3.8, 4) is 0 Å². The SMILES string of the molecule is CCC(=O)O[C@H]1C[C@H](/C=C/c2ccccc2)O[C@H](c2ccccc2)[C@H]1I. The van der Waals surface area contributed by atoms with Crippen LogP contribution in [0.1, 0.15) is 37.0 Å². The molecule has 1 saturated heterocycles. The Hall–Kier alpha value is -1.66. The van der Waals surface area contributed by atoms with Gasteiger partial charge in [-0.25, -0.2) is 0 Å². The fraction of sp³-hybridized carbons (Fsp3) is 0.318. The van der Waals surface area contributed by atoms with E-state index < -0.39 is 0 Å². The normalized spacial score (nSPS) is 25.9. The van der Waals surface area contributed by atoms with Gasteiger partial charge < -0.3 is 9.47 Å².